The van der Waals surface area contributed by atoms with Gasteiger partial charge in [-0.05, 0) is 40.8 Å². The van der Waals surface area contributed by atoms with Gasteiger partial charge in [-0.1, -0.05) is 64.5 Å². The van der Waals surface area contributed by atoms with Crippen molar-refractivity contribution in [1.29, 1.82) is 0 Å². The van der Waals surface area contributed by atoms with E-state index >= 15 is 0 Å². The SMILES string of the molecule is CC(=O)Oc1cccc2ccc(/C=C/c3cccc(Br)c3)cc12. The minimum Gasteiger partial charge on any atom is -0.426 e. The van der Waals surface area contributed by atoms with Crippen molar-refractivity contribution < 1.29 is 9.53 Å². The standard InChI is InChI=1S/C20H15BrO2/c1-14(22)23-20-7-3-5-17-11-10-16(13-19(17)20)9-8-15-4-2-6-18(21)12-15/h2-13H,1H3/b9-8+. The molecule has 0 spiro atoms. The zero-order valence-corrected chi connectivity index (χ0v) is 14.2. The summed E-state index contributed by atoms with van der Waals surface area (Å²) in [7, 11) is 0. The molecule has 0 aliphatic rings. The monoisotopic (exact) mass is 366 g/mol. The van der Waals surface area contributed by atoms with Crippen molar-refractivity contribution in [3.05, 3.63) is 76.3 Å². The molecule has 114 valence electrons. The van der Waals surface area contributed by atoms with Crippen molar-refractivity contribution in [2.24, 2.45) is 0 Å². The van der Waals surface area contributed by atoms with E-state index in [0.29, 0.717) is 5.75 Å². The van der Waals surface area contributed by atoms with Crippen LogP contribution in [0, 0.1) is 0 Å². The predicted octanol–water partition coefficient (Wildman–Crippen LogP) is 5.70. The number of hydrogen-bond acceptors (Lipinski definition) is 2. The molecular weight excluding hydrogens is 352 g/mol. The molecule has 0 aromatic heterocycles. The second-order valence-electron chi connectivity index (χ2n) is 5.22. The number of rotatable bonds is 3. The smallest absolute Gasteiger partial charge is 0.308 e. The van der Waals surface area contributed by atoms with E-state index in [1.807, 2.05) is 60.7 Å². The lowest BCUT2D eigenvalue weighted by atomic mass is 10.0. The number of hydrogen-bond donors (Lipinski definition) is 0. The highest BCUT2D eigenvalue weighted by molar-refractivity contribution is 9.10. The van der Waals surface area contributed by atoms with E-state index in [0.717, 1.165) is 26.4 Å². The second-order valence-corrected chi connectivity index (χ2v) is 6.13. The van der Waals surface area contributed by atoms with Crippen LogP contribution in [0.1, 0.15) is 18.1 Å². The van der Waals surface area contributed by atoms with E-state index in [1.165, 1.54) is 6.92 Å². The third-order valence-corrected chi connectivity index (χ3v) is 3.93. The Labute approximate surface area is 143 Å². The lowest BCUT2D eigenvalue weighted by molar-refractivity contribution is -0.131. The molecule has 0 N–H and O–H groups in total. The van der Waals surface area contributed by atoms with Gasteiger partial charge in [0.1, 0.15) is 5.75 Å². The summed E-state index contributed by atoms with van der Waals surface area (Å²) in [6.45, 7) is 1.41. The summed E-state index contributed by atoms with van der Waals surface area (Å²) in [6.07, 6.45) is 4.10. The van der Waals surface area contributed by atoms with E-state index in [-0.39, 0.29) is 5.97 Å². The molecule has 0 heterocycles. The van der Waals surface area contributed by atoms with Crippen molar-refractivity contribution in [2.75, 3.05) is 0 Å². The number of carbonyl (C=O) groups excluding carboxylic acids is 1. The second kappa shape index (κ2) is 6.80. The van der Waals surface area contributed by atoms with Gasteiger partial charge in [-0.2, -0.15) is 0 Å². The van der Waals surface area contributed by atoms with Gasteiger partial charge in [-0.3, -0.25) is 4.79 Å². The van der Waals surface area contributed by atoms with Gasteiger partial charge < -0.3 is 4.74 Å². The molecule has 2 nitrogen and oxygen atoms in total. The van der Waals surface area contributed by atoms with Crippen LogP contribution < -0.4 is 4.74 Å². The molecule has 0 aliphatic carbocycles. The van der Waals surface area contributed by atoms with Crippen molar-refractivity contribution in [3.8, 4) is 5.75 Å². The summed E-state index contributed by atoms with van der Waals surface area (Å²) in [4.78, 5) is 11.2. The maximum atomic E-state index is 11.2. The van der Waals surface area contributed by atoms with Crippen molar-refractivity contribution in [1.82, 2.24) is 0 Å². The van der Waals surface area contributed by atoms with Gasteiger partial charge in [-0.15, -0.1) is 0 Å². The van der Waals surface area contributed by atoms with Gasteiger partial charge >= 0.3 is 5.97 Å². The quantitative estimate of drug-likeness (QED) is 0.337. The Morgan fingerprint density at radius 1 is 0.957 bits per heavy atom. The molecule has 0 bridgehead atoms. The average molecular weight is 367 g/mol. The van der Waals surface area contributed by atoms with Crippen LogP contribution in [-0.4, -0.2) is 5.97 Å². The van der Waals surface area contributed by atoms with Gasteiger partial charge in [0.25, 0.3) is 0 Å². The zero-order chi connectivity index (χ0) is 16.2. The molecule has 0 aliphatic heterocycles. The van der Waals surface area contributed by atoms with Crippen molar-refractivity contribution in [3.63, 3.8) is 0 Å². The molecule has 0 fully saturated rings. The Balaban J connectivity index is 1.97. The number of benzene rings is 3. The first-order valence-corrected chi connectivity index (χ1v) is 8.06. The van der Waals surface area contributed by atoms with Crippen LogP contribution in [0.25, 0.3) is 22.9 Å². The lowest BCUT2D eigenvalue weighted by Gasteiger charge is -2.07. The molecule has 0 saturated heterocycles. The summed E-state index contributed by atoms with van der Waals surface area (Å²) in [5.74, 6) is 0.278. The molecule has 0 radical (unpaired) electrons. The van der Waals surface area contributed by atoms with Crippen LogP contribution >= 0.6 is 15.9 Å². The topological polar surface area (TPSA) is 26.3 Å². The summed E-state index contributed by atoms with van der Waals surface area (Å²) in [5, 5.41) is 1.97. The maximum absolute atomic E-state index is 11.2. The Kier molecular flexibility index (Phi) is 4.58. The van der Waals surface area contributed by atoms with E-state index < -0.39 is 0 Å². The van der Waals surface area contributed by atoms with E-state index in [4.69, 9.17) is 4.74 Å². The molecule has 0 atom stereocenters. The zero-order valence-electron chi connectivity index (χ0n) is 12.6. The third-order valence-electron chi connectivity index (χ3n) is 3.44. The molecule has 0 saturated carbocycles. The molecule has 23 heavy (non-hydrogen) atoms. The fourth-order valence-corrected chi connectivity index (χ4v) is 2.83. The van der Waals surface area contributed by atoms with E-state index in [9.17, 15) is 4.79 Å². The molecular formula is C20H15BrO2. The van der Waals surface area contributed by atoms with Crippen molar-refractivity contribution >= 4 is 44.8 Å². The van der Waals surface area contributed by atoms with Gasteiger partial charge in [-0.25, -0.2) is 0 Å². The number of halogens is 1. The van der Waals surface area contributed by atoms with Crippen molar-refractivity contribution in [2.45, 2.75) is 6.92 Å². The minimum absolute atomic E-state index is 0.312. The maximum Gasteiger partial charge on any atom is 0.308 e. The highest BCUT2D eigenvalue weighted by Crippen LogP contribution is 2.27. The lowest BCUT2D eigenvalue weighted by Crippen LogP contribution is -2.01. The third kappa shape index (κ3) is 3.88. The molecule has 3 heteroatoms. The van der Waals surface area contributed by atoms with E-state index in [1.54, 1.807) is 0 Å². The van der Waals surface area contributed by atoms with Gasteiger partial charge in [0.2, 0.25) is 0 Å². The fourth-order valence-electron chi connectivity index (χ4n) is 2.41. The normalized spacial score (nSPS) is 11.0. The number of carbonyl (C=O) groups is 1. The highest BCUT2D eigenvalue weighted by atomic mass is 79.9. The first kappa shape index (κ1) is 15.5. The van der Waals surface area contributed by atoms with Crippen LogP contribution in [0.15, 0.2) is 65.1 Å². The van der Waals surface area contributed by atoms with E-state index in [2.05, 4.69) is 28.1 Å². The summed E-state index contributed by atoms with van der Waals surface area (Å²) < 4.78 is 6.34. The van der Waals surface area contributed by atoms with Crippen LogP contribution in [0.3, 0.4) is 0 Å². The highest BCUT2D eigenvalue weighted by Gasteiger charge is 2.04. The van der Waals surface area contributed by atoms with Gasteiger partial charge in [0.05, 0.1) is 0 Å². The van der Waals surface area contributed by atoms with Gasteiger partial charge in [0, 0.05) is 16.8 Å². The first-order chi connectivity index (χ1) is 11.1. The molecule has 3 aromatic carbocycles. The summed E-state index contributed by atoms with van der Waals surface area (Å²) in [5.41, 5.74) is 2.17. The number of fused-ring (bicyclic) bond motifs is 1. The minimum atomic E-state index is -0.312. The summed E-state index contributed by atoms with van der Waals surface area (Å²) >= 11 is 3.47. The van der Waals surface area contributed by atoms with Crippen LogP contribution in [0.5, 0.6) is 5.75 Å². The van der Waals surface area contributed by atoms with Crippen LogP contribution in [0.4, 0.5) is 0 Å². The van der Waals surface area contributed by atoms with Crippen LogP contribution in [0.2, 0.25) is 0 Å². The Bertz CT molecular complexity index is 897. The Morgan fingerprint density at radius 2 is 1.70 bits per heavy atom. The number of ether oxygens (including phenoxy) is 1. The molecule has 0 amide bonds. The number of esters is 1. The Morgan fingerprint density at radius 3 is 2.43 bits per heavy atom. The largest absolute Gasteiger partial charge is 0.426 e. The predicted molar refractivity (Wildman–Crippen MR) is 98.3 cm³/mol. The molecule has 3 aromatic rings. The summed E-state index contributed by atoms with van der Waals surface area (Å²) in [6, 6.07) is 19.9. The Hall–Kier alpha value is -2.39. The molecule has 3 rings (SSSR count). The van der Waals surface area contributed by atoms with Crippen LogP contribution in [-0.2, 0) is 4.79 Å². The van der Waals surface area contributed by atoms with Gasteiger partial charge in [0.15, 0.2) is 0 Å². The first-order valence-electron chi connectivity index (χ1n) is 7.27. The average Bonchev–Trinajstić information content (AvgIpc) is 2.53. The fraction of sp³-hybridized carbons (Fsp3) is 0.0500. The molecule has 0 unspecified atom stereocenters.